The summed E-state index contributed by atoms with van der Waals surface area (Å²) in [6.45, 7) is 2.40. The van der Waals surface area contributed by atoms with Crippen LogP contribution in [0.2, 0.25) is 0 Å². The van der Waals surface area contributed by atoms with Crippen LogP contribution in [0.15, 0.2) is 0 Å². The maximum Gasteiger partial charge on any atom is 0.320 e. The van der Waals surface area contributed by atoms with Crippen molar-refractivity contribution in [3.05, 3.63) is 0 Å². The minimum absolute atomic E-state index is 0.144. The van der Waals surface area contributed by atoms with E-state index in [0.29, 0.717) is 13.0 Å². The number of carbonyl (C=O) groups is 1. The number of nitrogens with zero attached hydrogens (tertiary/aromatic N) is 1. The number of carboxylic acids is 1. The second kappa shape index (κ2) is 11.8. The minimum Gasteiger partial charge on any atom is -0.480 e. The van der Waals surface area contributed by atoms with Gasteiger partial charge in [-0.1, -0.05) is 58.3 Å². The van der Waals surface area contributed by atoms with Gasteiger partial charge in [0.25, 0.3) is 0 Å². The summed E-state index contributed by atoms with van der Waals surface area (Å²) in [5.41, 5.74) is 0. The lowest BCUT2D eigenvalue weighted by molar-refractivity contribution is -0.150. The van der Waals surface area contributed by atoms with Gasteiger partial charge in [0.05, 0.1) is 12.2 Å². The van der Waals surface area contributed by atoms with Gasteiger partial charge in [0.15, 0.2) is 0 Å². The van der Waals surface area contributed by atoms with Crippen molar-refractivity contribution in [3.63, 3.8) is 0 Å². The highest BCUT2D eigenvalue weighted by molar-refractivity contribution is 5.73. The zero-order valence-corrected chi connectivity index (χ0v) is 14.9. The van der Waals surface area contributed by atoms with Crippen LogP contribution in [0.4, 0.5) is 0 Å². The van der Waals surface area contributed by atoms with Crippen LogP contribution >= 0.6 is 0 Å². The fourth-order valence-corrected chi connectivity index (χ4v) is 3.50. The number of hydrogen-bond acceptors (Lipinski definition) is 5. The fraction of sp³-hybridized carbons (Fsp3) is 0.944. The zero-order valence-electron chi connectivity index (χ0n) is 14.9. The average molecular weight is 345 g/mol. The number of β-amino-alcohol motifs (C(OH)–C–C–N with tert-alkyl or cyclic N) is 1. The van der Waals surface area contributed by atoms with Crippen LogP contribution in [-0.4, -0.2) is 69.2 Å². The summed E-state index contributed by atoms with van der Waals surface area (Å²) in [6.07, 6.45) is 7.85. The number of likely N-dealkylation sites (tertiary alicyclic amines) is 1. The van der Waals surface area contributed by atoms with Crippen LogP contribution in [-0.2, 0) is 4.79 Å². The van der Waals surface area contributed by atoms with Crippen LogP contribution in [0.3, 0.4) is 0 Å². The van der Waals surface area contributed by atoms with Gasteiger partial charge in [-0.25, -0.2) is 0 Å². The van der Waals surface area contributed by atoms with Crippen LogP contribution < -0.4 is 0 Å². The number of carboxylic acid groups (broad SMARTS) is 1. The van der Waals surface area contributed by atoms with Gasteiger partial charge < -0.3 is 20.4 Å². The third-order valence-corrected chi connectivity index (χ3v) is 5.06. The van der Waals surface area contributed by atoms with E-state index >= 15 is 0 Å². The molecule has 0 radical (unpaired) electrons. The van der Waals surface area contributed by atoms with Gasteiger partial charge in [0, 0.05) is 25.6 Å². The quantitative estimate of drug-likeness (QED) is 0.401. The van der Waals surface area contributed by atoms with E-state index in [1.54, 1.807) is 4.90 Å². The van der Waals surface area contributed by atoms with E-state index < -0.39 is 30.1 Å². The van der Waals surface area contributed by atoms with E-state index in [1.165, 1.54) is 32.1 Å². The molecule has 0 aromatic carbocycles. The molecule has 0 aromatic heterocycles. The number of unbranched alkanes of at least 4 members (excludes halogenated alkanes) is 7. The summed E-state index contributed by atoms with van der Waals surface area (Å²) in [5.74, 6) is -1.38. The summed E-state index contributed by atoms with van der Waals surface area (Å²) in [4.78, 5) is 13.3. The summed E-state index contributed by atoms with van der Waals surface area (Å²) in [5, 5.41) is 38.5. The molecule has 0 bridgehead atoms. The lowest BCUT2D eigenvalue weighted by atomic mass is 9.91. The first-order valence-corrected chi connectivity index (χ1v) is 9.45. The Morgan fingerprint density at radius 1 is 1.04 bits per heavy atom. The molecule has 6 heteroatoms. The Balaban J connectivity index is 2.35. The third-order valence-electron chi connectivity index (χ3n) is 5.06. The predicted molar refractivity (Wildman–Crippen MR) is 92.8 cm³/mol. The molecule has 0 aliphatic carbocycles. The molecule has 1 heterocycles. The first-order chi connectivity index (χ1) is 11.5. The molecule has 6 nitrogen and oxygen atoms in total. The van der Waals surface area contributed by atoms with E-state index in [2.05, 4.69) is 6.92 Å². The van der Waals surface area contributed by atoms with E-state index in [-0.39, 0.29) is 13.2 Å². The monoisotopic (exact) mass is 345 g/mol. The van der Waals surface area contributed by atoms with Gasteiger partial charge in [0.2, 0.25) is 0 Å². The Kier molecular flexibility index (Phi) is 10.5. The Bertz CT molecular complexity index is 352. The van der Waals surface area contributed by atoms with E-state index in [0.717, 1.165) is 19.3 Å². The van der Waals surface area contributed by atoms with Crippen LogP contribution in [0, 0.1) is 5.92 Å². The van der Waals surface area contributed by atoms with Crippen molar-refractivity contribution in [1.82, 2.24) is 4.90 Å². The Morgan fingerprint density at radius 3 is 2.17 bits per heavy atom. The molecule has 4 N–H and O–H groups in total. The Morgan fingerprint density at radius 2 is 1.62 bits per heavy atom. The first kappa shape index (κ1) is 21.4. The summed E-state index contributed by atoms with van der Waals surface area (Å²) in [7, 11) is 0. The van der Waals surface area contributed by atoms with Crippen molar-refractivity contribution in [2.45, 2.75) is 83.0 Å². The molecule has 4 unspecified atom stereocenters. The number of aliphatic hydroxyl groups is 3. The molecule has 0 amide bonds. The van der Waals surface area contributed by atoms with E-state index in [1.807, 2.05) is 0 Å². The van der Waals surface area contributed by atoms with Crippen molar-refractivity contribution in [2.24, 2.45) is 5.92 Å². The minimum atomic E-state index is -1.00. The molecule has 0 saturated carbocycles. The Labute approximate surface area is 145 Å². The molecule has 24 heavy (non-hydrogen) atoms. The van der Waals surface area contributed by atoms with Crippen molar-refractivity contribution < 1.29 is 25.2 Å². The second-order valence-electron chi connectivity index (χ2n) is 7.07. The van der Waals surface area contributed by atoms with Gasteiger partial charge in [-0.05, 0) is 6.42 Å². The van der Waals surface area contributed by atoms with Gasteiger partial charge in [-0.2, -0.15) is 0 Å². The molecule has 1 fully saturated rings. The standard InChI is InChI=1S/C18H35NO5/c1-2-3-4-5-6-7-8-9-10-15(18(23)24)19-11-14(13-20)17(22)16(21)12-19/h14-17,20-22H,2-13H2,1H3,(H,23,24). The highest BCUT2D eigenvalue weighted by Crippen LogP contribution is 2.22. The molecule has 4 atom stereocenters. The molecule has 142 valence electrons. The highest BCUT2D eigenvalue weighted by Gasteiger charge is 2.38. The van der Waals surface area contributed by atoms with E-state index in [9.17, 15) is 25.2 Å². The fourth-order valence-electron chi connectivity index (χ4n) is 3.50. The molecular formula is C18H35NO5. The largest absolute Gasteiger partial charge is 0.480 e. The molecule has 1 rings (SSSR count). The number of aliphatic hydroxyl groups excluding tert-OH is 3. The smallest absolute Gasteiger partial charge is 0.320 e. The number of hydrogen-bond donors (Lipinski definition) is 4. The van der Waals surface area contributed by atoms with Crippen molar-refractivity contribution in [3.8, 4) is 0 Å². The van der Waals surface area contributed by atoms with Crippen LogP contribution in [0.25, 0.3) is 0 Å². The van der Waals surface area contributed by atoms with Crippen LogP contribution in [0.1, 0.15) is 64.7 Å². The number of aliphatic carboxylic acids is 1. The van der Waals surface area contributed by atoms with Gasteiger partial charge in [-0.15, -0.1) is 0 Å². The summed E-state index contributed by atoms with van der Waals surface area (Å²) in [6, 6.07) is -0.652. The Hall–Kier alpha value is -0.690. The first-order valence-electron chi connectivity index (χ1n) is 9.45. The van der Waals surface area contributed by atoms with Gasteiger partial charge in [0.1, 0.15) is 6.04 Å². The maximum absolute atomic E-state index is 11.6. The SMILES string of the molecule is CCCCCCCCCCC(C(=O)O)N1CC(O)C(O)C(CO)C1. The predicted octanol–water partition coefficient (Wildman–Crippen LogP) is 1.62. The summed E-state index contributed by atoms with van der Waals surface area (Å²) < 4.78 is 0. The van der Waals surface area contributed by atoms with Crippen molar-refractivity contribution in [2.75, 3.05) is 19.7 Å². The van der Waals surface area contributed by atoms with E-state index in [4.69, 9.17) is 0 Å². The molecule has 1 saturated heterocycles. The highest BCUT2D eigenvalue weighted by atomic mass is 16.4. The number of piperidine rings is 1. The maximum atomic E-state index is 11.6. The molecule has 0 spiro atoms. The zero-order chi connectivity index (χ0) is 17.9. The van der Waals surface area contributed by atoms with Crippen LogP contribution in [0.5, 0.6) is 0 Å². The lowest BCUT2D eigenvalue weighted by Crippen LogP contribution is -2.57. The molecule has 0 aromatic rings. The topological polar surface area (TPSA) is 101 Å². The molecular weight excluding hydrogens is 310 g/mol. The molecule has 1 aliphatic heterocycles. The molecule has 1 aliphatic rings. The third kappa shape index (κ3) is 7.05. The lowest BCUT2D eigenvalue weighted by Gasteiger charge is -2.41. The van der Waals surface area contributed by atoms with Gasteiger partial charge >= 0.3 is 5.97 Å². The van der Waals surface area contributed by atoms with Crippen molar-refractivity contribution >= 4 is 5.97 Å². The number of rotatable bonds is 12. The average Bonchev–Trinajstić information content (AvgIpc) is 2.55. The second-order valence-corrected chi connectivity index (χ2v) is 7.07. The normalized spacial score (nSPS) is 26.4. The summed E-state index contributed by atoms with van der Waals surface area (Å²) >= 11 is 0. The van der Waals surface area contributed by atoms with Crippen molar-refractivity contribution in [1.29, 1.82) is 0 Å². The van der Waals surface area contributed by atoms with Gasteiger partial charge in [-0.3, -0.25) is 9.69 Å².